The molecule has 0 saturated heterocycles. The van der Waals surface area contributed by atoms with Crippen molar-refractivity contribution < 1.29 is 4.74 Å². The van der Waals surface area contributed by atoms with E-state index in [9.17, 15) is 0 Å². The topological polar surface area (TPSA) is 9.23 Å². The second-order valence-corrected chi connectivity index (χ2v) is 4.32. The number of ether oxygens (including phenoxy) is 1. The molecule has 2 unspecified atom stereocenters. The summed E-state index contributed by atoms with van der Waals surface area (Å²) in [4.78, 5) is 0. The van der Waals surface area contributed by atoms with Crippen molar-refractivity contribution in [2.75, 3.05) is 0 Å². The molecule has 2 rings (SSSR count). The minimum atomic E-state index is 0.396. The summed E-state index contributed by atoms with van der Waals surface area (Å²) in [5, 5.41) is 0. The third-order valence-electron chi connectivity index (χ3n) is 2.94. The smallest absolute Gasteiger partial charge is 0.0769 e. The molecular weight excluding hydrogens is 160 g/mol. The van der Waals surface area contributed by atoms with Gasteiger partial charge < -0.3 is 4.74 Å². The molecule has 0 aromatic rings. The third kappa shape index (κ3) is 2.22. The molecule has 0 aromatic carbocycles. The molecule has 0 heterocycles. The summed E-state index contributed by atoms with van der Waals surface area (Å²) >= 11 is 0. The Morgan fingerprint density at radius 1 is 1.00 bits per heavy atom. The van der Waals surface area contributed by atoms with Crippen LogP contribution in [0.1, 0.15) is 39.5 Å². The molecule has 1 heteroatoms. The van der Waals surface area contributed by atoms with Crippen LogP contribution in [-0.4, -0.2) is 12.2 Å². The molecule has 0 radical (unpaired) electrons. The van der Waals surface area contributed by atoms with Crippen molar-refractivity contribution in [1.29, 1.82) is 0 Å². The van der Waals surface area contributed by atoms with Crippen molar-refractivity contribution in [3.63, 3.8) is 0 Å². The van der Waals surface area contributed by atoms with Gasteiger partial charge in [0.15, 0.2) is 0 Å². The maximum Gasteiger partial charge on any atom is 0.0769 e. The Labute approximate surface area is 80.5 Å². The van der Waals surface area contributed by atoms with E-state index < -0.39 is 0 Å². The van der Waals surface area contributed by atoms with E-state index in [0.29, 0.717) is 12.2 Å². The quantitative estimate of drug-likeness (QED) is 0.590. The number of allylic oxidation sites excluding steroid dienone is 2. The Balaban J connectivity index is 1.86. The molecule has 0 amide bonds. The molecular formula is C12H18O. The lowest BCUT2D eigenvalue weighted by Gasteiger charge is -2.14. The van der Waals surface area contributed by atoms with Crippen molar-refractivity contribution in [2.24, 2.45) is 0 Å². The fourth-order valence-electron chi connectivity index (χ4n) is 2.15. The molecule has 0 saturated carbocycles. The summed E-state index contributed by atoms with van der Waals surface area (Å²) in [6.45, 7) is 4.39. The highest BCUT2D eigenvalue weighted by molar-refractivity contribution is 5.12. The van der Waals surface area contributed by atoms with Gasteiger partial charge in [-0.25, -0.2) is 0 Å². The summed E-state index contributed by atoms with van der Waals surface area (Å²) in [5.41, 5.74) is 2.98. The average Bonchev–Trinajstić information content (AvgIpc) is 2.62. The molecule has 13 heavy (non-hydrogen) atoms. The van der Waals surface area contributed by atoms with Gasteiger partial charge in [0.05, 0.1) is 12.2 Å². The van der Waals surface area contributed by atoms with E-state index in [4.69, 9.17) is 4.74 Å². The van der Waals surface area contributed by atoms with E-state index in [2.05, 4.69) is 26.0 Å². The van der Waals surface area contributed by atoms with Crippen LogP contribution in [0.4, 0.5) is 0 Å². The van der Waals surface area contributed by atoms with Gasteiger partial charge in [0.1, 0.15) is 0 Å². The molecule has 2 aliphatic carbocycles. The average molecular weight is 178 g/mol. The van der Waals surface area contributed by atoms with Crippen LogP contribution in [0.25, 0.3) is 0 Å². The second-order valence-electron chi connectivity index (χ2n) is 4.32. The normalized spacial score (nSPS) is 33.4. The van der Waals surface area contributed by atoms with Crippen molar-refractivity contribution in [1.82, 2.24) is 0 Å². The van der Waals surface area contributed by atoms with Gasteiger partial charge in [0, 0.05) is 0 Å². The zero-order valence-corrected chi connectivity index (χ0v) is 8.55. The molecule has 0 aliphatic heterocycles. The Morgan fingerprint density at radius 2 is 1.46 bits per heavy atom. The van der Waals surface area contributed by atoms with Gasteiger partial charge in [-0.05, 0) is 39.5 Å². The standard InChI is InChI=1S/C12H18O/c1-9-3-5-11(7-9)13-12-6-4-10(2)8-12/h7-8,11-12H,3-6H2,1-2H3. The number of hydrogen-bond donors (Lipinski definition) is 0. The highest BCUT2D eigenvalue weighted by atomic mass is 16.5. The SMILES string of the molecule is CC1=CC(OC2C=C(C)CC2)CC1. The van der Waals surface area contributed by atoms with Crippen molar-refractivity contribution in [3.05, 3.63) is 23.3 Å². The van der Waals surface area contributed by atoms with Gasteiger partial charge in [0.2, 0.25) is 0 Å². The first-order valence-corrected chi connectivity index (χ1v) is 5.24. The molecule has 0 spiro atoms. The lowest BCUT2D eigenvalue weighted by Crippen LogP contribution is -2.15. The Bertz CT molecular complexity index is 224. The van der Waals surface area contributed by atoms with E-state index in [1.54, 1.807) is 0 Å². The molecule has 1 nitrogen and oxygen atoms in total. The van der Waals surface area contributed by atoms with Gasteiger partial charge in [-0.1, -0.05) is 23.3 Å². The van der Waals surface area contributed by atoms with Crippen LogP contribution in [0.2, 0.25) is 0 Å². The molecule has 0 bridgehead atoms. The maximum absolute atomic E-state index is 5.96. The highest BCUT2D eigenvalue weighted by Crippen LogP contribution is 2.26. The second kappa shape index (κ2) is 3.67. The molecule has 0 aromatic heterocycles. The van der Waals surface area contributed by atoms with Crippen molar-refractivity contribution in [3.8, 4) is 0 Å². The van der Waals surface area contributed by atoms with Crippen molar-refractivity contribution in [2.45, 2.75) is 51.7 Å². The Kier molecular flexibility index (Phi) is 2.54. The largest absolute Gasteiger partial charge is 0.367 e. The molecule has 0 fully saturated rings. The summed E-state index contributed by atoms with van der Waals surface area (Å²) in [6.07, 6.45) is 10.2. The van der Waals surface area contributed by atoms with Gasteiger partial charge in [-0.15, -0.1) is 0 Å². The van der Waals surface area contributed by atoms with Gasteiger partial charge in [0.25, 0.3) is 0 Å². The number of hydrogen-bond acceptors (Lipinski definition) is 1. The predicted octanol–water partition coefficient (Wildman–Crippen LogP) is 3.22. The summed E-state index contributed by atoms with van der Waals surface area (Å²) in [5.74, 6) is 0. The zero-order valence-electron chi connectivity index (χ0n) is 8.55. The first-order chi connectivity index (χ1) is 6.24. The van der Waals surface area contributed by atoms with Gasteiger partial charge >= 0.3 is 0 Å². The van der Waals surface area contributed by atoms with Crippen LogP contribution in [0.3, 0.4) is 0 Å². The van der Waals surface area contributed by atoms with Crippen LogP contribution >= 0.6 is 0 Å². The minimum absolute atomic E-state index is 0.396. The van der Waals surface area contributed by atoms with E-state index in [1.165, 1.54) is 36.8 Å². The molecule has 2 atom stereocenters. The van der Waals surface area contributed by atoms with E-state index in [0.717, 1.165) is 0 Å². The maximum atomic E-state index is 5.96. The predicted molar refractivity (Wildman–Crippen MR) is 54.6 cm³/mol. The minimum Gasteiger partial charge on any atom is -0.367 e. The zero-order chi connectivity index (χ0) is 9.26. The third-order valence-corrected chi connectivity index (χ3v) is 2.94. The van der Waals surface area contributed by atoms with Crippen molar-refractivity contribution >= 4 is 0 Å². The van der Waals surface area contributed by atoms with E-state index in [1.807, 2.05) is 0 Å². The Hall–Kier alpha value is -0.560. The summed E-state index contributed by atoms with van der Waals surface area (Å²) in [7, 11) is 0. The molecule has 2 aliphatic rings. The first kappa shape index (κ1) is 9.01. The van der Waals surface area contributed by atoms with Crippen LogP contribution in [0, 0.1) is 0 Å². The van der Waals surface area contributed by atoms with Crippen LogP contribution in [0.15, 0.2) is 23.3 Å². The van der Waals surface area contributed by atoms with Gasteiger partial charge in [-0.3, -0.25) is 0 Å². The van der Waals surface area contributed by atoms with Crippen LogP contribution in [-0.2, 0) is 4.74 Å². The van der Waals surface area contributed by atoms with Crippen LogP contribution < -0.4 is 0 Å². The molecule has 72 valence electrons. The fraction of sp³-hybridized carbons (Fsp3) is 0.667. The number of rotatable bonds is 2. The van der Waals surface area contributed by atoms with Gasteiger partial charge in [-0.2, -0.15) is 0 Å². The lowest BCUT2D eigenvalue weighted by atomic mass is 10.2. The summed E-state index contributed by atoms with van der Waals surface area (Å²) < 4.78 is 5.96. The first-order valence-electron chi connectivity index (χ1n) is 5.24. The fourth-order valence-corrected chi connectivity index (χ4v) is 2.15. The summed E-state index contributed by atoms with van der Waals surface area (Å²) in [6, 6.07) is 0. The molecule has 0 N–H and O–H groups in total. The monoisotopic (exact) mass is 178 g/mol. The van der Waals surface area contributed by atoms with E-state index in [-0.39, 0.29) is 0 Å². The van der Waals surface area contributed by atoms with E-state index >= 15 is 0 Å². The lowest BCUT2D eigenvalue weighted by molar-refractivity contribution is 0.0419. The van der Waals surface area contributed by atoms with Crippen LogP contribution in [0.5, 0.6) is 0 Å². The highest BCUT2D eigenvalue weighted by Gasteiger charge is 2.20. The Morgan fingerprint density at radius 3 is 1.77 bits per heavy atom.